The van der Waals surface area contributed by atoms with Gasteiger partial charge in [0, 0.05) is 32.0 Å². The number of rotatable bonds is 6. The van der Waals surface area contributed by atoms with Gasteiger partial charge >= 0.3 is 0 Å². The van der Waals surface area contributed by atoms with Crippen LogP contribution < -0.4 is 10.9 Å². The lowest BCUT2D eigenvalue weighted by Crippen LogP contribution is -2.51. The van der Waals surface area contributed by atoms with Crippen LogP contribution in [0.15, 0.2) is 4.79 Å². The predicted molar refractivity (Wildman–Crippen MR) is 93.8 cm³/mol. The summed E-state index contributed by atoms with van der Waals surface area (Å²) in [4.78, 5) is 44.4. The molecule has 9 heteroatoms. The molecule has 0 aromatic carbocycles. The molecule has 2 atom stereocenters. The molecule has 1 aliphatic heterocycles. The Balaban J connectivity index is 1.97. The maximum atomic E-state index is 12.4. The maximum Gasteiger partial charge on any atom is 0.254 e. The van der Waals surface area contributed by atoms with E-state index in [0.29, 0.717) is 36.7 Å². The molecule has 26 heavy (non-hydrogen) atoms. The molecule has 1 fully saturated rings. The van der Waals surface area contributed by atoms with Gasteiger partial charge in [-0.2, -0.15) is 0 Å². The Labute approximate surface area is 152 Å². The van der Waals surface area contributed by atoms with Crippen LogP contribution in [0.5, 0.6) is 0 Å². The Morgan fingerprint density at radius 1 is 1.38 bits per heavy atom. The highest BCUT2D eigenvalue weighted by atomic mass is 16.5. The number of aromatic nitrogens is 2. The molecule has 0 radical (unpaired) electrons. The maximum absolute atomic E-state index is 12.4. The summed E-state index contributed by atoms with van der Waals surface area (Å²) in [5.41, 5.74) is 0.583. The molecule has 1 aliphatic rings. The predicted octanol–water partition coefficient (Wildman–Crippen LogP) is -0.692. The van der Waals surface area contributed by atoms with Gasteiger partial charge in [0.1, 0.15) is 18.5 Å². The number of H-pyrrole nitrogens is 1. The number of hydrogen-bond donors (Lipinski definition) is 2. The number of ether oxygens (including phenoxy) is 2. The summed E-state index contributed by atoms with van der Waals surface area (Å²) in [6.07, 6.45) is 0.107. The number of hydrogen-bond acceptors (Lipinski definition) is 6. The molecule has 0 unspecified atom stereocenters. The first-order valence-electron chi connectivity index (χ1n) is 8.53. The topological polar surface area (TPSA) is 114 Å². The average Bonchev–Trinajstić information content (AvgIpc) is 2.57. The van der Waals surface area contributed by atoms with Crippen molar-refractivity contribution in [2.45, 2.75) is 38.8 Å². The lowest BCUT2D eigenvalue weighted by Gasteiger charge is -2.32. The molecule has 2 heterocycles. The van der Waals surface area contributed by atoms with Crippen LogP contribution in [0.3, 0.4) is 0 Å². The molecule has 1 saturated heterocycles. The van der Waals surface area contributed by atoms with Gasteiger partial charge in [0.25, 0.3) is 5.56 Å². The lowest BCUT2D eigenvalue weighted by atomic mass is 10.0. The van der Waals surface area contributed by atoms with Gasteiger partial charge in [0.15, 0.2) is 0 Å². The number of likely N-dealkylation sites (N-methyl/N-ethyl adjacent to an activating group) is 1. The first-order chi connectivity index (χ1) is 12.3. The summed E-state index contributed by atoms with van der Waals surface area (Å²) in [7, 11) is 3.30. The van der Waals surface area contributed by atoms with Gasteiger partial charge in [0.05, 0.1) is 19.1 Å². The molecule has 9 nitrogen and oxygen atoms in total. The van der Waals surface area contributed by atoms with Crippen LogP contribution in [0.2, 0.25) is 0 Å². The molecule has 2 N–H and O–H groups in total. The van der Waals surface area contributed by atoms with Crippen molar-refractivity contribution in [3.05, 3.63) is 27.4 Å². The van der Waals surface area contributed by atoms with Gasteiger partial charge in [0.2, 0.25) is 11.8 Å². The van der Waals surface area contributed by atoms with Gasteiger partial charge in [-0.05, 0) is 20.3 Å². The van der Waals surface area contributed by atoms with Gasteiger partial charge in [-0.3, -0.25) is 14.4 Å². The summed E-state index contributed by atoms with van der Waals surface area (Å²) < 4.78 is 11.0. The van der Waals surface area contributed by atoms with Crippen LogP contribution in [-0.4, -0.2) is 72.7 Å². The molecule has 0 bridgehead atoms. The standard InChI is InChI=1S/C17H26N4O5/c1-10-12(17(24)19-11(2)18-10)7-15(22)20-13-5-6-25-8-14(13)26-9-16(23)21(3)4/h13-14H,5-9H2,1-4H3,(H,20,22)(H,18,19,24)/t13-,14-/m1/s1. The van der Waals surface area contributed by atoms with Crippen molar-refractivity contribution in [3.8, 4) is 0 Å². The normalized spacial score (nSPS) is 19.8. The quantitative estimate of drug-likeness (QED) is 0.689. The average molecular weight is 366 g/mol. The minimum atomic E-state index is -0.410. The van der Waals surface area contributed by atoms with E-state index >= 15 is 0 Å². The zero-order chi connectivity index (χ0) is 19.3. The molecule has 1 aromatic heterocycles. The second-order valence-electron chi connectivity index (χ2n) is 6.57. The van der Waals surface area contributed by atoms with E-state index in [-0.39, 0.29) is 36.4 Å². The summed E-state index contributed by atoms with van der Waals surface area (Å²) in [5.74, 6) is 0.0670. The van der Waals surface area contributed by atoms with E-state index in [9.17, 15) is 14.4 Å². The number of aromatic amines is 1. The first kappa shape index (κ1) is 20.1. The fourth-order valence-electron chi connectivity index (χ4n) is 2.73. The minimum Gasteiger partial charge on any atom is -0.379 e. The second kappa shape index (κ2) is 8.91. The van der Waals surface area contributed by atoms with Crippen molar-refractivity contribution in [1.29, 1.82) is 0 Å². The molecule has 0 aliphatic carbocycles. The number of nitrogens with zero attached hydrogens (tertiary/aromatic N) is 2. The van der Waals surface area contributed by atoms with E-state index in [4.69, 9.17) is 9.47 Å². The zero-order valence-electron chi connectivity index (χ0n) is 15.6. The van der Waals surface area contributed by atoms with E-state index < -0.39 is 6.10 Å². The van der Waals surface area contributed by atoms with Gasteiger partial charge in [-0.1, -0.05) is 0 Å². The fourth-order valence-corrected chi connectivity index (χ4v) is 2.73. The zero-order valence-corrected chi connectivity index (χ0v) is 15.6. The SMILES string of the molecule is Cc1nc(C)c(CC(=O)N[C@@H]2CCOC[C@H]2OCC(=O)N(C)C)c(=O)[nH]1. The molecule has 2 amide bonds. The smallest absolute Gasteiger partial charge is 0.254 e. The fraction of sp³-hybridized carbons (Fsp3) is 0.647. The Kier molecular flexibility index (Phi) is 6.87. The third-order valence-electron chi connectivity index (χ3n) is 4.25. The van der Waals surface area contributed by atoms with Crippen LogP contribution in [0, 0.1) is 13.8 Å². The molecule has 0 saturated carbocycles. The van der Waals surface area contributed by atoms with Crippen LogP contribution in [0.1, 0.15) is 23.5 Å². The summed E-state index contributed by atoms with van der Waals surface area (Å²) in [5, 5.41) is 2.89. The summed E-state index contributed by atoms with van der Waals surface area (Å²) >= 11 is 0. The Morgan fingerprint density at radius 3 is 2.77 bits per heavy atom. The van der Waals surface area contributed by atoms with E-state index in [1.54, 1.807) is 27.9 Å². The number of carbonyl (C=O) groups excluding carboxylic acids is 2. The molecule has 1 aromatic rings. The van der Waals surface area contributed by atoms with Gasteiger partial charge in [-0.25, -0.2) is 4.98 Å². The number of aryl methyl sites for hydroxylation is 2. The van der Waals surface area contributed by atoms with Crippen molar-refractivity contribution in [2.24, 2.45) is 0 Å². The highest BCUT2D eigenvalue weighted by Crippen LogP contribution is 2.12. The van der Waals surface area contributed by atoms with Crippen molar-refractivity contribution in [2.75, 3.05) is 33.9 Å². The van der Waals surface area contributed by atoms with Gasteiger partial charge in [-0.15, -0.1) is 0 Å². The minimum absolute atomic E-state index is 0.0604. The Morgan fingerprint density at radius 2 is 2.12 bits per heavy atom. The molecular formula is C17H26N4O5. The Hall–Kier alpha value is -2.26. The highest BCUT2D eigenvalue weighted by molar-refractivity contribution is 5.79. The lowest BCUT2D eigenvalue weighted by molar-refractivity contribution is -0.141. The third kappa shape index (κ3) is 5.37. The highest BCUT2D eigenvalue weighted by Gasteiger charge is 2.29. The van der Waals surface area contributed by atoms with Crippen LogP contribution in [-0.2, 0) is 25.5 Å². The number of carbonyl (C=O) groups is 2. The molecule has 0 spiro atoms. The van der Waals surface area contributed by atoms with E-state index in [0.717, 1.165) is 0 Å². The number of nitrogens with one attached hydrogen (secondary N) is 2. The monoisotopic (exact) mass is 366 g/mol. The van der Waals surface area contributed by atoms with Crippen molar-refractivity contribution < 1.29 is 19.1 Å². The largest absolute Gasteiger partial charge is 0.379 e. The van der Waals surface area contributed by atoms with E-state index in [2.05, 4.69) is 15.3 Å². The van der Waals surface area contributed by atoms with Crippen molar-refractivity contribution >= 4 is 11.8 Å². The van der Waals surface area contributed by atoms with Crippen LogP contribution in [0.25, 0.3) is 0 Å². The van der Waals surface area contributed by atoms with E-state index in [1.165, 1.54) is 4.90 Å². The molecular weight excluding hydrogens is 340 g/mol. The summed E-state index contributed by atoms with van der Waals surface area (Å²) in [6.45, 7) is 4.12. The van der Waals surface area contributed by atoms with Crippen molar-refractivity contribution in [3.63, 3.8) is 0 Å². The van der Waals surface area contributed by atoms with E-state index in [1.807, 2.05) is 0 Å². The van der Waals surface area contributed by atoms with Crippen LogP contribution >= 0.6 is 0 Å². The first-order valence-corrected chi connectivity index (χ1v) is 8.53. The van der Waals surface area contributed by atoms with Gasteiger partial charge < -0.3 is 24.7 Å². The molecule has 2 rings (SSSR count). The number of amides is 2. The molecule has 144 valence electrons. The summed E-state index contributed by atoms with van der Waals surface area (Å²) in [6, 6.07) is -0.274. The third-order valence-corrected chi connectivity index (χ3v) is 4.25. The van der Waals surface area contributed by atoms with Crippen LogP contribution in [0.4, 0.5) is 0 Å². The Bertz CT molecular complexity index is 716. The van der Waals surface area contributed by atoms with Crippen molar-refractivity contribution in [1.82, 2.24) is 20.2 Å². The second-order valence-corrected chi connectivity index (χ2v) is 6.57.